The summed E-state index contributed by atoms with van der Waals surface area (Å²) < 4.78 is 5.14. The van der Waals surface area contributed by atoms with E-state index in [0.717, 1.165) is 5.56 Å². The van der Waals surface area contributed by atoms with Crippen molar-refractivity contribution in [3.63, 3.8) is 0 Å². The molecule has 0 saturated carbocycles. The van der Waals surface area contributed by atoms with Gasteiger partial charge in [0.1, 0.15) is 6.07 Å². The van der Waals surface area contributed by atoms with Gasteiger partial charge in [0.05, 0.1) is 6.20 Å². The van der Waals surface area contributed by atoms with E-state index in [1.54, 1.807) is 24.3 Å². The van der Waals surface area contributed by atoms with Gasteiger partial charge in [-0.15, -0.1) is 0 Å². The van der Waals surface area contributed by atoms with Crippen LogP contribution >= 0.6 is 11.6 Å². The van der Waals surface area contributed by atoms with Gasteiger partial charge in [0.15, 0.2) is 0 Å². The predicted molar refractivity (Wildman–Crippen MR) is 51.7 cm³/mol. The number of hydrogen-bond acceptors (Lipinski definition) is 3. The number of nitriles is 1. The molecule has 3 nitrogen and oxygen atoms in total. The van der Waals surface area contributed by atoms with Crippen molar-refractivity contribution >= 4 is 11.6 Å². The number of nitrogens with zero attached hydrogens (tertiary/aromatic N) is 2. The Labute approximate surface area is 85.6 Å². The molecule has 14 heavy (non-hydrogen) atoms. The Bertz CT molecular complexity index is 482. The van der Waals surface area contributed by atoms with Crippen LogP contribution in [-0.4, -0.2) is 4.98 Å². The molecule has 0 saturated heterocycles. The molecule has 0 atom stereocenters. The molecule has 0 unspecified atom stereocenters. The lowest BCUT2D eigenvalue weighted by atomic mass is 10.2. The van der Waals surface area contributed by atoms with Gasteiger partial charge < -0.3 is 4.42 Å². The third-order valence-electron chi connectivity index (χ3n) is 1.71. The monoisotopic (exact) mass is 204 g/mol. The van der Waals surface area contributed by atoms with Crippen molar-refractivity contribution in [1.82, 2.24) is 4.98 Å². The summed E-state index contributed by atoms with van der Waals surface area (Å²) in [4.78, 5) is 3.95. The van der Waals surface area contributed by atoms with E-state index in [2.05, 4.69) is 4.98 Å². The summed E-state index contributed by atoms with van der Waals surface area (Å²) in [6, 6.07) is 8.93. The van der Waals surface area contributed by atoms with E-state index in [4.69, 9.17) is 21.3 Å². The zero-order valence-electron chi connectivity index (χ0n) is 7.07. The van der Waals surface area contributed by atoms with Gasteiger partial charge in [0.25, 0.3) is 0 Å². The van der Waals surface area contributed by atoms with Crippen LogP contribution in [0.5, 0.6) is 0 Å². The fourth-order valence-corrected chi connectivity index (χ4v) is 1.18. The molecular weight excluding hydrogens is 200 g/mol. The Morgan fingerprint density at radius 2 is 2.00 bits per heavy atom. The highest BCUT2D eigenvalue weighted by molar-refractivity contribution is 6.30. The standard InChI is InChI=1S/C10H5ClN2O/c11-8-3-1-7(2-4-8)10-13-6-9(5-12)14-10/h1-4,6H. The molecule has 0 aliphatic rings. The molecule has 0 bridgehead atoms. The first-order valence-electron chi connectivity index (χ1n) is 3.91. The highest BCUT2D eigenvalue weighted by Crippen LogP contribution is 2.20. The fraction of sp³-hybridized carbons (Fsp3) is 0. The van der Waals surface area contributed by atoms with E-state index >= 15 is 0 Å². The number of halogens is 1. The smallest absolute Gasteiger partial charge is 0.227 e. The summed E-state index contributed by atoms with van der Waals surface area (Å²) in [5.74, 6) is 0.633. The average molecular weight is 205 g/mol. The van der Waals surface area contributed by atoms with Crippen molar-refractivity contribution in [3.8, 4) is 17.5 Å². The number of rotatable bonds is 1. The van der Waals surface area contributed by atoms with Gasteiger partial charge in [-0.25, -0.2) is 4.98 Å². The largest absolute Gasteiger partial charge is 0.426 e. The highest BCUT2D eigenvalue weighted by atomic mass is 35.5. The minimum Gasteiger partial charge on any atom is -0.426 e. The summed E-state index contributed by atoms with van der Waals surface area (Å²) >= 11 is 5.73. The number of oxazole rings is 1. The van der Waals surface area contributed by atoms with Gasteiger partial charge in [0.2, 0.25) is 11.7 Å². The molecule has 68 valence electrons. The molecule has 2 aromatic rings. The second-order valence-corrected chi connectivity index (χ2v) is 3.08. The fourth-order valence-electron chi connectivity index (χ4n) is 1.05. The van der Waals surface area contributed by atoms with Crippen LogP contribution in [0.1, 0.15) is 5.76 Å². The lowest BCUT2D eigenvalue weighted by molar-refractivity contribution is 0.560. The first kappa shape index (κ1) is 8.79. The Morgan fingerprint density at radius 3 is 2.57 bits per heavy atom. The van der Waals surface area contributed by atoms with Crippen LogP contribution in [0.25, 0.3) is 11.5 Å². The third-order valence-corrected chi connectivity index (χ3v) is 1.96. The van der Waals surface area contributed by atoms with E-state index in [1.807, 2.05) is 6.07 Å². The maximum absolute atomic E-state index is 8.54. The molecule has 1 heterocycles. The SMILES string of the molecule is N#Cc1cnc(-c2ccc(Cl)cc2)o1. The molecule has 0 aliphatic carbocycles. The van der Waals surface area contributed by atoms with Crippen LogP contribution in [0.4, 0.5) is 0 Å². The number of aromatic nitrogens is 1. The summed E-state index contributed by atoms with van der Waals surface area (Å²) in [6.07, 6.45) is 1.39. The minimum absolute atomic E-state index is 0.204. The van der Waals surface area contributed by atoms with E-state index in [-0.39, 0.29) is 5.76 Å². The van der Waals surface area contributed by atoms with Gasteiger partial charge in [-0.3, -0.25) is 0 Å². The molecule has 0 radical (unpaired) electrons. The topological polar surface area (TPSA) is 49.8 Å². The van der Waals surface area contributed by atoms with Crippen molar-refractivity contribution in [2.75, 3.05) is 0 Å². The Hall–Kier alpha value is -1.79. The molecule has 0 aliphatic heterocycles. The van der Waals surface area contributed by atoms with Gasteiger partial charge in [-0.1, -0.05) is 11.6 Å². The summed E-state index contributed by atoms with van der Waals surface area (Å²) in [5, 5.41) is 9.19. The molecule has 0 N–H and O–H groups in total. The Balaban J connectivity index is 2.40. The molecule has 0 amide bonds. The van der Waals surface area contributed by atoms with E-state index in [9.17, 15) is 0 Å². The maximum Gasteiger partial charge on any atom is 0.227 e. The first-order valence-corrected chi connectivity index (χ1v) is 4.29. The van der Waals surface area contributed by atoms with Crippen LogP contribution in [0.2, 0.25) is 5.02 Å². The van der Waals surface area contributed by atoms with Crippen molar-refractivity contribution in [2.24, 2.45) is 0 Å². The molecular formula is C10H5ClN2O. The quantitative estimate of drug-likeness (QED) is 0.718. The zero-order valence-corrected chi connectivity index (χ0v) is 7.82. The van der Waals surface area contributed by atoms with E-state index < -0.39 is 0 Å². The van der Waals surface area contributed by atoms with Crippen LogP contribution in [0.15, 0.2) is 34.9 Å². The van der Waals surface area contributed by atoms with Crippen molar-refractivity contribution in [1.29, 1.82) is 5.26 Å². The number of benzene rings is 1. The molecule has 0 fully saturated rings. The normalized spacial score (nSPS) is 9.71. The van der Waals surface area contributed by atoms with Gasteiger partial charge >= 0.3 is 0 Å². The van der Waals surface area contributed by atoms with Crippen LogP contribution in [-0.2, 0) is 0 Å². The Kier molecular flexibility index (Phi) is 2.21. The summed E-state index contributed by atoms with van der Waals surface area (Å²) in [5.41, 5.74) is 0.802. The van der Waals surface area contributed by atoms with Crippen molar-refractivity contribution in [3.05, 3.63) is 41.2 Å². The summed E-state index contributed by atoms with van der Waals surface area (Å²) in [7, 11) is 0. The van der Waals surface area contributed by atoms with Crippen molar-refractivity contribution in [2.45, 2.75) is 0 Å². The van der Waals surface area contributed by atoms with Gasteiger partial charge in [0, 0.05) is 10.6 Å². The molecule has 2 rings (SSSR count). The van der Waals surface area contributed by atoms with Crippen LogP contribution < -0.4 is 0 Å². The lowest BCUT2D eigenvalue weighted by Gasteiger charge is -1.93. The van der Waals surface area contributed by atoms with Crippen LogP contribution in [0, 0.1) is 11.3 Å². The second-order valence-electron chi connectivity index (χ2n) is 2.65. The molecule has 1 aromatic carbocycles. The van der Waals surface area contributed by atoms with E-state index in [1.165, 1.54) is 6.20 Å². The zero-order chi connectivity index (χ0) is 9.97. The maximum atomic E-state index is 8.54. The van der Waals surface area contributed by atoms with E-state index in [0.29, 0.717) is 10.9 Å². The summed E-state index contributed by atoms with van der Waals surface area (Å²) in [6.45, 7) is 0. The van der Waals surface area contributed by atoms with Gasteiger partial charge in [-0.2, -0.15) is 5.26 Å². The lowest BCUT2D eigenvalue weighted by Crippen LogP contribution is -1.74. The third kappa shape index (κ3) is 1.61. The average Bonchev–Trinajstić information content (AvgIpc) is 2.67. The molecule has 0 spiro atoms. The van der Waals surface area contributed by atoms with Gasteiger partial charge in [-0.05, 0) is 24.3 Å². The predicted octanol–water partition coefficient (Wildman–Crippen LogP) is 2.87. The second kappa shape index (κ2) is 3.52. The molecule has 1 aromatic heterocycles. The van der Waals surface area contributed by atoms with Crippen LogP contribution in [0.3, 0.4) is 0 Å². The molecule has 4 heteroatoms. The van der Waals surface area contributed by atoms with Crippen molar-refractivity contribution < 1.29 is 4.42 Å². The Morgan fingerprint density at radius 1 is 1.29 bits per heavy atom. The minimum atomic E-state index is 0.204. The number of hydrogen-bond donors (Lipinski definition) is 0. The highest BCUT2D eigenvalue weighted by Gasteiger charge is 2.05. The first-order chi connectivity index (χ1) is 6.79.